The van der Waals surface area contributed by atoms with Gasteiger partial charge in [0.2, 0.25) is 5.91 Å². The molecule has 2 rings (SSSR count). The average Bonchev–Trinajstić information content (AvgIpc) is 2.94. The third-order valence-corrected chi connectivity index (χ3v) is 3.00. The van der Waals surface area contributed by atoms with Crippen molar-refractivity contribution >= 4 is 23.4 Å². The van der Waals surface area contributed by atoms with Gasteiger partial charge in [0.1, 0.15) is 5.69 Å². The molecule has 21 heavy (non-hydrogen) atoms. The van der Waals surface area contributed by atoms with Gasteiger partial charge in [-0.2, -0.15) is 5.10 Å². The molecular weight excluding hydrogens is 292 g/mol. The zero-order valence-corrected chi connectivity index (χ0v) is 12.2. The highest BCUT2D eigenvalue weighted by molar-refractivity contribution is 6.30. The largest absolute Gasteiger partial charge is 0.355 e. The monoisotopic (exact) mass is 306 g/mol. The van der Waals surface area contributed by atoms with Crippen LogP contribution < -0.4 is 10.6 Å². The molecule has 3 N–H and O–H groups in total. The van der Waals surface area contributed by atoms with Crippen LogP contribution in [0.25, 0.3) is 11.3 Å². The molecule has 110 valence electrons. The van der Waals surface area contributed by atoms with E-state index >= 15 is 0 Å². The minimum atomic E-state index is -0.270. The van der Waals surface area contributed by atoms with Gasteiger partial charge in [0.05, 0.1) is 5.69 Å². The van der Waals surface area contributed by atoms with E-state index in [9.17, 15) is 9.59 Å². The molecule has 1 aromatic carbocycles. The molecule has 0 spiro atoms. The van der Waals surface area contributed by atoms with E-state index in [4.69, 9.17) is 11.6 Å². The molecular formula is C14H15ClN4O2. The lowest BCUT2D eigenvalue weighted by molar-refractivity contribution is -0.118. The molecule has 0 bridgehead atoms. The zero-order valence-electron chi connectivity index (χ0n) is 11.4. The summed E-state index contributed by atoms with van der Waals surface area (Å²) >= 11 is 5.83. The lowest BCUT2D eigenvalue weighted by atomic mass is 10.1. The summed E-state index contributed by atoms with van der Waals surface area (Å²) in [7, 11) is 0. The lowest BCUT2D eigenvalue weighted by Gasteiger charge is -2.03. The topological polar surface area (TPSA) is 86.9 Å². The van der Waals surface area contributed by atoms with Gasteiger partial charge in [-0.15, -0.1) is 0 Å². The van der Waals surface area contributed by atoms with E-state index in [2.05, 4.69) is 20.8 Å². The molecule has 0 fully saturated rings. The maximum absolute atomic E-state index is 11.9. The van der Waals surface area contributed by atoms with Crippen molar-refractivity contribution in [2.24, 2.45) is 0 Å². The van der Waals surface area contributed by atoms with E-state index in [-0.39, 0.29) is 11.8 Å². The predicted octanol–water partition coefficient (Wildman–Crippen LogP) is 1.60. The second kappa shape index (κ2) is 6.90. The Morgan fingerprint density at radius 2 is 1.86 bits per heavy atom. The van der Waals surface area contributed by atoms with E-state index in [1.165, 1.54) is 6.92 Å². The number of benzene rings is 1. The lowest BCUT2D eigenvalue weighted by Crippen LogP contribution is -2.33. The second-order valence-corrected chi connectivity index (χ2v) is 4.85. The van der Waals surface area contributed by atoms with Crippen LogP contribution in [-0.4, -0.2) is 35.1 Å². The number of carbonyl (C=O) groups is 2. The maximum atomic E-state index is 11.9. The number of aromatic nitrogens is 2. The molecule has 2 amide bonds. The Balaban J connectivity index is 1.94. The third kappa shape index (κ3) is 4.32. The highest BCUT2D eigenvalue weighted by Crippen LogP contribution is 2.20. The van der Waals surface area contributed by atoms with Gasteiger partial charge >= 0.3 is 0 Å². The minimum absolute atomic E-state index is 0.129. The highest BCUT2D eigenvalue weighted by atomic mass is 35.5. The number of hydrogen-bond donors (Lipinski definition) is 3. The first-order valence-electron chi connectivity index (χ1n) is 6.40. The van der Waals surface area contributed by atoms with Crippen molar-refractivity contribution in [3.05, 3.63) is 41.0 Å². The van der Waals surface area contributed by atoms with Gasteiger partial charge in [-0.05, 0) is 18.2 Å². The summed E-state index contributed by atoms with van der Waals surface area (Å²) in [5.74, 6) is -0.399. The summed E-state index contributed by atoms with van der Waals surface area (Å²) in [6.45, 7) is 2.17. The van der Waals surface area contributed by atoms with Crippen molar-refractivity contribution < 1.29 is 9.59 Å². The molecule has 0 saturated carbocycles. The molecule has 1 heterocycles. The number of H-pyrrole nitrogens is 1. The molecule has 0 aliphatic rings. The van der Waals surface area contributed by atoms with E-state index < -0.39 is 0 Å². The standard InChI is InChI=1S/C14H15ClN4O2/c1-9(20)16-6-7-17-14(21)13-8-12(18-19-13)10-2-4-11(15)5-3-10/h2-5,8H,6-7H2,1H3,(H,16,20)(H,17,21)(H,18,19). The van der Waals surface area contributed by atoms with Crippen molar-refractivity contribution in [2.45, 2.75) is 6.92 Å². The van der Waals surface area contributed by atoms with E-state index in [0.29, 0.717) is 29.5 Å². The summed E-state index contributed by atoms with van der Waals surface area (Å²) in [5.41, 5.74) is 1.90. The van der Waals surface area contributed by atoms with E-state index in [1.54, 1.807) is 18.2 Å². The molecule has 0 atom stereocenters. The van der Waals surface area contributed by atoms with Gasteiger partial charge in [0.25, 0.3) is 5.91 Å². The summed E-state index contributed by atoms with van der Waals surface area (Å²) < 4.78 is 0. The molecule has 1 aromatic heterocycles. The van der Waals surface area contributed by atoms with Gasteiger partial charge in [-0.1, -0.05) is 23.7 Å². The maximum Gasteiger partial charge on any atom is 0.269 e. The first-order chi connectivity index (χ1) is 10.1. The van der Waals surface area contributed by atoms with Gasteiger partial charge in [0, 0.05) is 30.6 Å². The molecule has 0 radical (unpaired) electrons. The van der Waals surface area contributed by atoms with Gasteiger partial charge in [0.15, 0.2) is 0 Å². The summed E-state index contributed by atoms with van der Waals surface area (Å²) in [6.07, 6.45) is 0. The van der Waals surface area contributed by atoms with Crippen molar-refractivity contribution in [1.29, 1.82) is 0 Å². The van der Waals surface area contributed by atoms with Crippen molar-refractivity contribution in [1.82, 2.24) is 20.8 Å². The number of nitrogens with zero attached hydrogens (tertiary/aromatic N) is 1. The third-order valence-electron chi connectivity index (χ3n) is 2.75. The second-order valence-electron chi connectivity index (χ2n) is 4.41. The van der Waals surface area contributed by atoms with E-state index in [1.807, 2.05) is 12.1 Å². The van der Waals surface area contributed by atoms with E-state index in [0.717, 1.165) is 5.56 Å². The van der Waals surface area contributed by atoms with Crippen molar-refractivity contribution in [3.8, 4) is 11.3 Å². The Bertz CT molecular complexity index is 637. The van der Waals surface area contributed by atoms with Crippen LogP contribution in [0.4, 0.5) is 0 Å². The fourth-order valence-corrected chi connectivity index (χ4v) is 1.84. The molecule has 0 saturated heterocycles. The number of hydrogen-bond acceptors (Lipinski definition) is 3. The smallest absolute Gasteiger partial charge is 0.269 e. The zero-order chi connectivity index (χ0) is 15.2. The molecule has 0 unspecified atom stereocenters. The van der Waals surface area contributed by atoms with Crippen LogP contribution in [0.2, 0.25) is 5.02 Å². The highest BCUT2D eigenvalue weighted by Gasteiger charge is 2.10. The number of amides is 2. The predicted molar refractivity (Wildman–Crippen MR) is 80.1 cm³/mol. The first-order valence-corrected chi connectivity index (χ1v) is 6.78. The number of carbonyl (C=O) groups excluding carboxylic acids is 2. The molecule has 2 aromatic rings. The fourth-order valence-electron chi connectivity index (χ4n) is 1.72. The van der Waals surface area contributed by atoms with Crippen LogP contribution in [-0.2, 0) is 4.79 Å². The molecule has 0 aliphatic carbocycles. The van der Waals surface area contributed by atoms with Crippen LogP contribution in [0.3, 0.4) is 0 Å². The number of aromatic amines is 1. The number of nitrogens with one attached hydrogen (secondary N) is 3. The Morgan fingerprint density at radius 1 is 1.19 bits per heavy atom. The van der Waals surface area contributed by atoms with Gasteiger partial charge in [-0.3, -0.25) is 14.7 Å². The molecule has 0 aliphatic heterocycles. The Kier molecular flexibility index (Phi) is 4.94. The summed E-state index contributed by atoms with van der Waals surface area (Å²) in [6, 6.07) is 8.85. The van der Waals surface area contributed by atoms with Crippen molar-refractivity contribution in [3.63, 3.8) is 0 Å². The molecule has 7 heteroatoms. The van der Waals surface area contributed by atoms with Crippen LogP contribution in [0.15, 0.2) is 30.3 Å². The SMILES string of the molecule is CC(=O)NCCNC(=O)c1cc(-c2ccc(Cl)cc2)n[nH]1. The summed E-state index contributed by atoms with van der Waals surface area (Å²) in [5, 5.41) is 12.7. The summed E-state index contributed by atoms with van der Waals surface area (Å²) in [4.78, 5) is 22.6. The molecule has 6 nitrogen and oxygen atoms in total. The average molecular weight is 307 g/mol. The van der Waals surface area contributed by atoms with Crippen LogP contribution in [0.5, 0.6) is 0 Å². The first kappa shape index (κ1) is 15.1. The minimum Gasteiger partial charge on any atom is -0.355 e. The van der Waals surface area contributed by atoms with Crippen LogP contribution in [0, 0.1) is 0 Å². The van der Waals surface area contributed by atoms with Gasteiger partial charge in [-0.25, -0.2) is 0 Å². The fraction of sp³-hybridized carbons (Fsp3) is 0.214. The van der Waals surface area contributed by atoms with Crippen LogP contribution >= 0.6 is 11.6 Å². The normalized spacial score (nSPS) is 10.2. The van der Waals surface area contributed by atoms with Crippen LogP contribution in [0.1, 0.15) is 17.4 Å². The quantitative estimate of drug-likeness (QED) is 0.733. The van der Waals surface area contributed by atoms with Crippen molar-refractivity contribution in [2.75, 3.05) is 13.1 Å². The van der Waals surface area contributed by atoms with Gasteiger partial charge < -0.3 is 10.6 Å². The number of rotatable bonds is 5. The Morgan fingerprint density at radius 3 is 2.52 bits per heavy atom. The Hall–Kier alpha value is -2.34. The Labute approximate surface area is 126 Å². The number of halogens is 1.